The van der Waals surface area contributed by atoms with Crippen LogP contribution in [-0.4, -0.2) is 29.8 Å². The Morgan fingerprint density at radius 3 is 2.76 bits per heavy atom. The van der Waals surface area contributed by atoms with E-state index in [-0.39, 0.29) is 22.2 Å². The van der Waals surface area contributed by atoms with Crippen LogP contribution in [0.3, 0.4) is 0 Å². The quantitative estimate of drug-likeness (QED) is 0.480. The molecule has 1 heterocycles. The minimum Gasteiger partial charge on any atom is -0.258 e. The highest BCUT2D eigenvalue weighted by atomic mass is 32.2. The van der Waals surface area contributed by atoms with Crippen molar-refractivity contribution in [3.05, 3.63) is 27.9 Å². The van der Waals surface area contributed by atoms with Gasteiger partial charge in [0.25, 0.3) is 0 Å². The van der Waals surface area contributed by atoms with Gasteiger partial charge in [0.15, 0.2) is 5.03 Å². The maximum atomic E-state index is 10.8. The molecule has 0 aliphatic rings. The van der Waals surface area contributed by atoms with E-state index in [1.807, 2.05) is 0 Å². The Hall–Kier alpha value is -1.19. The predicted octanol–water partition coefficient (Wildman–Crippen LogP) is 0.679. The van der Waals surface area contributed by atoms with Crippen molar-refractivity contribution in [2.45, 2.75) is 11.9 Å². The van der Waals surface area contributed by atoms with E-state index in [2.05, 4.69) is 4.98 Å². The number of thioether (sulfide) groups is 1. The molecule has 1 rings (SSSR count). The topological polar surface area (TPSA) is 116 Å². The molecular weight excluding hydrogens is 266 g/mol. The van der Waals surface area contributed by atoms with Gasteiger partial charge < -0.3 is 0 Å². The highest BCUT2D eigenvalue weighted by Gasteiger charge is 2.19. The first kappa shape index (κ1) is 13.9. The van der Waals surface area contributed by atoms with E-state index in [0.29, 0.717) is 5.56 Å². The van der Waals surface area contributed by atoms with Gasteiger partial charge in [-0.05, 0) is 13.0 Å². The molecule has 9 heteroatoms. The van der Waals surface area contributed by atoms with Crippen molar-refractivity contribution in [2.24, 2.45) is 5.14 Å². The molecule has 0 radical (unpaired) electrons. The summed E-state index contributed by atoms with van der Waals surface area (Å²) in [6.45, 7) is 1.60. The Labute approximate surface area is 103 Å². The lowest BCUT2D eigenvalue weighted by Crippen LogP contribution is -2.17. The van der Waals surface area contributed by atoms with E-state index >= 15 is 0 Å². The molecule has 2 N–H and O–H groups in total. The second kappa shape index (κ2) is 5.43. The van der Waals surface area contributed by atoms with E-state index in [1.54, 1.807) is 6.92 Å². The summed E-state index contributed by atoms with van der Waals surface area (Å²) in [4.78, 5) is 14.2. The van der Waals surface area contributed by atoms with Gasteiger partial charge in [-0.1, -0.05) is 11.8 Å². The molecule has 0 aliphatic heterocycles. The maximum absolute atomic E-state index is 10.8. The number of nitro groups is 1. The SMILES string of the molecule is Cc1ccnc(SCCS(N)(=O)=O)c1[N+](=O)[O-]. The van der Waals surface area contributed by atoms with Crippen LogP contribution in [0.2, 0.25) is 0 Å². The molecule has 17 heavy (non-hydrogen) atoms. The molecule has 0 aliphatic carbocycles. The Kier molecular flexibility index (Phi) is 4.43. The van der Waals surface area contributed by atoms with Crippen LogP contribution in [0.15, 0.2) is 17.3 Å². The Morgan fingerprint density at radius 2 is 2.24 bits per heavy atom. The summed E-state index contributed by atoms with van der Waals surface area (Å²) >= 11 is 1.00. The van der Waals surface area contributed by atoms with Crippen LogP contribution in [0.25, 0.3) is 0 Å². The summed E-state index contributed by atoms with van der Waals surface area (Å²) in [7, 11) is -3.56. The molecule has 1 aromatic rings. The van der Waals surface area contributed by atoms with E-state index in [1.165, 1.54) is 12.3 Å². The highest BCUT2D eigenvalue weighted by Crippen LogP contribution is 2.29. The van der Waals surface area contributed by atoms with Crippen molar-refractivity contribution in [1.82, 2.24) is 4.98 Å². The third kappa shape index (κ3) is 4.29. The molecule has 0 unspecified atom stereocenters. The molecular formula is C8H11N3O4S2. The van der Waals surface area contributed by atoms with Crippen LogP contribution in [0.5, 0.6) is 0 Å². The third-order valence-corrected chi connectivity index (χ3v) is 3.89. The maximum Gasteiger partial charge on any atom is 0.304 e. The zero-order valence-corrected chi connectivity index (χ0v) is 10.6. The number of hydrogen-bond donors (Lipinski definition) is 1. The zero-order valence-electron chi connectivity index (χ0n) is 8.99. The first-order valence-electron chi connectivity index (χ1n) is 4.54. The molecule has 0 fully saturated rings. The van der Waals surface area contributed by atoms with Crippen LogP contribution < -0.4 is 5.14 Å². The Morgan fingerprint density at radius 1 is 1.59 bits per heavy atom. The number of rotatable bonds is 5. The monoisotopic (exact) mass is 277 g/mol. The van der Waals surface area contributed by atoms with Gasteiger partial charge in [-0.25, -0.2) is 18.5 Å². The third-order valence-electron chi connectivity index (χ3n) is 1.88. The minimum absolute atomic E-state index is 0.0908. The average molecular weight is 277 g/mol. The van der Waals surface area contributed by atoms with E-state index in [9.17, 15) is 18.5 Å². The normalized spacial score (nSPS) is 11.4. The van der Waals surface area contributed by atoms with Crippen molar-refractivity contribution in [2.75, 3.05) is 11.5 Å². The van der Waals surface area contributed by atoms with Crippen molar-refractivity contribution < 1.29 is 13.3 Å². The fourth-order valence-electron chi connectivity index (χ4n) is 1.11. The summed E-state index contributed by atoms with van der Waals surface area (Å²) in [5.74, 6) is -0.111. The number of nitrogens with zero attached hydrogens (tertiary/aromatic N) is 2. The van der Waals surface area contributed by atoms with Crippen molar-refractivity contribution in [1.29, 1.82) is 0 Å². The van der Waals surface area contributed by atoms with Gasteiger partial charge in [-0.15, -0.1) is 0 Å². The number of aryl methyl sites for hydroxylation is 1. The Bertz CT molecular complexity index is 530. The van der Waals surface area contributed by atoms with Gasteiger partial charge in [0, 0.05) is 17.5 Å². The van der Waals surface area contributed by atoms with Gasteiger partial charge >= 0.3 is 5.69 Å². The summed E-state index contributed by atoms with van der Waals surface area (Å²) in [6.07, 6.45) is 1.45. The smallest absolute Gasteiger partial charge is 0.258 e. The van der Waals surface area contributed by atoms with Crippen LogP contribution >= 0.6 is 11.8 Å². The first-order chi connectivity index (χ1) is 7.81. The molecule has 0 atom stereocenters. The predicted molar refractivity (Wildman–Crippen MR) is 64.3 cm³/mol. The molecule has 0 amide bonds. The zero-order chi connectivity index (χ0) is 13.1. The molecule has 0 saturated carbocycles. The standard InChI is InChI=1S/C8H11N3O4S2/c1-6-2-3-10-8(7(6)11(12)13)16-4-5-17(9,14)15/h2-3H,4-5H2,1H3,(H2,9,14,15). The molecule has 1 aromatic heterocycles. The number of pyridine rings is 1. The number of aromatic nitrogens is 1. The molecule has 94 valence electrons. The number of primary sulfonamides is 1. The summed E-state index contributed by atoms with van der Waals surface area (Å²) in [6, 6.07) is 1.53. The van der Waals surface area contributed by atoms with Crippen LogP contribution in [0, 0.1) is 17.0 Å². The number of sulfonamides is 1. The van der Waals surface area contributed by atoms with Crippen LogP contribution in [0.1, 0.15) is 5.56 Å². The molecule has 0 spiro atoms. The summed E-state index contributed by atoms with van der Waals surface area (Å²) < 4.78 is 21.4. The lowest BCUT2D eigenvalue weighted by molar-refractivity contribution is -0.388. The van der Waals surface area contributed by atoms with Gasteiger partial charge in [0.1, 0.15) is 0 Å². The minimum atomic E-state index is -3.56. The van der Waals surface area contributed by atoms with Gasteiger partial charge in [0.2, 0.25) is 10.0 Å². The summed E-state index contributed by atoms with van der Waals surface area (Å²) in [5.41, 5.74) is 0.398. The second-order valence-electron chi connectivity index (χ2n) is 3.25. The molecule has 0 aromatic carbocycles. The van der Waals surface area contributed by atoms with E-state index in [0.717, 1.165) is 11.8 Å². The summed E-state index contributed by atoms with van der Waals surface area (Å²) in [5, 5.41) is 15.9. The first-order valence-corrected chi connectivity index (χ1v) is 7.24. The number of hydrogen-bond acceptors (Lipinski definition) is 6. The molecule has 0 bridgehead atoms. The Balaban J connectivity index is 2.85. The fourth-order valence-corrected chi connectivity index (χ4v) is 3.07. The van der Waals surface area contributed by atoms with Gasteiger partial charge in [0.05, 0.1) is 10.7 Å². The second-order valence-corrected chi connectivity index (χ2v) is 6.07. The van der Waals surface area contributed by atoms with Crippen molar-refractivity contribution >= 4 is 27.5 Å². The van der Waals surface area contributed by atoms with Crippen molar-refractivity contribution in [3.8, 4) is 0 Å². The highest BCUT2D eigenvalue weighted by molar-refractivity contribution is 8.00. The molecule has 7 nitrogen and oxygen atoms in total. The van der Waals surface area contributed by atoms with Crippen LogP contribution in [0.4, 0.5) is 5.69 Å². The number of nitrogens with two attached hydrogens (primary N) is 1. The lowest BCUT2D eigenvalue weighted by atomic mass is 10.3. The molecule has 0 saturated heterocycles. The van der Waals surface area contributed by atoms with E-state index < -0.39 is 14.9 Å². The van der Waals surface area contributed by atoms with Crippen LogP contribution in [-0.2, 0) is 10.0 Å². The van der Waals surface area contributed by atoms with Gasteiger partial charge in [-0.3, -0.25) is 10.1 Å². The largest absolute Gasteiger partial charge is 0.304 e. The fraction of sp³-hybridized carbons (Fsp3) is 0.375. The average Bonchev–Trinajstić information content (AvgIpc) is 2.14. The van der Waals surface area contributed by atoms with Gasteiger partial charge in [-0.2, -0.15) is 0 Å². The van der Waals surface area contributed by atoms with E-state index in [4.69, 9.17) is 5.14 Å². The van der Waals surface area contributed by atoms with Crippen molar-refractivity contribution in [3.63, 3.8) is 0 Å². The lowest BCUT2D eigenvalue weighted by Gasteiger charge is -2.03.